The summed E-state index contributed by atoms with van der Waals surface area (Å²) >= 11 is 0. The zero-order chi connectivity index (χ0) is 25.8. The van der Waals surface area contributed by atoms with Crippen molar-refractivity contribution in [3.8, 4) is 11.4 Å². The molecule has 0 fully saturated rings. The van der Waals surface area contributed by atoms with Crippen LogP contribution in [0.15, 0.2) is 83.7 Å². The van der Waals surface area contributed by atoms with Gasteiger partial charge < -0.3 is 9.84 Å². The van der Waals surface area contributed by atoms with E-state index >= 15 is 0 Å². The summed E-state index contributed by atoms with van der Waals surface area (Å²) in [7, 11) is 0. The minimum absolute atomic E-state index is 0.0808. The molecule has 0 bridgehead atoms. The van der Waals surface area contributed by atoms with Crippen molar-refractivity contribution in [3.63, 3.8) is 0 Å². The number of fused-ring (bicyclic) bond motifs is 1. The molecule has 0 aliphatic heterocycles. The lowest BCUT2D eigenvalue weighted by molar-refractivity contribution is 0.0697. The highest BCUT2D eigenvalue weighted by Gasteiger charge is 2.14. The maximum Gasteiger partial charge on any atom is 0.335 e. The van der Waals surface area contributed by atoms with Gasteiger partial charge >= 0.3 is 5.97 Å². The third kappa shape index (κ3) is 5.44. The van der Waals surface area contributed by atoms with Gasteiger partial charge in [-0.05, 0) is 72.0 Å². The van der Waals surface area contributed by atoms with E-state index in [0.29, 0.717) is 40.7 Å². The van der Waals surface area contributed by atoms with Crippen LogP contribution in [-0.4, -0.2) is 27.2 Å². The Balaban J connectivity index is 1.87. The second kappa shape index (κ2) is 10.4. The molecule has 182 valence electrons. The molecule has 36 heavy (non-hydrogen) atoms. The van der Waals surface area contributed by atoms with Crippen molar-refractivity contribution in [2.75, 3.05) is 6.61 Å². The first-order valence-electron chi connectivity index (χ1n) is 11.7. The van der Waals surface area contributed by atoms with Crippen LogP contribution in [0.3, 0.4) is 0 Å². The zero-order valence-corrected chi connectivity index (χ0v) is 20.6. The number of hydrogen-bond acceptors (Lipinski definition) is 4. The first-order chi connectivity index (χ1) is 17.2. The molecule has 0 unspecified atom stereocenters. The average molecular weight is 481 g/mol. The van der Waals surface area contributed by atoms with Gasteiger partial charge in [-0.25, -0.2) is 9.78 Å². The molecule has 0 spiro atoms. The minimum Gasteiger partial charge on any atom is -0.489 e. The van der Waals surface area contributed by atoms with Gasteiger partial charge in [0.1, 0.15) is 18.2 Å². The maximum atomic E-state index is 13.7. The van der Waals surface area contributed by atoms with Crippen molar-refractivity contribution in [2.24, 2.45) is 0 Å². The first kappa shape index (κ1) is 24.7. The molecule has 1 aromatic heterocycles. The molecule has 0 aliphatic carbocycles. The number of nitrogens with zero attached hydrogens (tertiary/aromatic N) is 2. The maximum absolute atomic E-state index is 13.7. The van der Waals surface area contributed by atoms with Crippen molar-refractivity contribution in [1.29, 1.82) is 0 Å². The van der Waals surface area contributed by atoms with Gasteiger partial charge in [0.05, 0.1) is 22.2 Å². The van der Waals surface area contributed by atoms with Crippen LogP contribution in [0.2, 0.25) is 0 Å². The molecule has 6 nitrogen and oxygen atoms in total. The Morgan fingerprint density at radius 3 is 2.50 bits per heavy atom. The molecule has 0 aliphatic rings. The van der Waals surface area contributed by atoms with E-state index in [4.69, 9.17) is 9.72 Å². The summed E-state index contributed by atoms with van der Waals surface area (Å²) in [6.45, 7) is 10.3. The van der Waals surface area contributed by atoms with E-state index in [1.165, 1.54) is 22.3 Å². The second-order valence-electron chi connectivity index (χ2n) is 9.05. The van der Waals surface area contributed by atoms with Crippen LogP contribution in [0.1, 0.15) is 54.0 Å². The van der Waals surface area contributed by atoms with Gasteiger partial charge in [0, 0.05) is 0 Å². The second-order valence-corrected chi connectivity index (χ2v) is 9.05. The molecule has 1 N–H and O–H groups in total. The van der Waals surface area contributed by atoms with Gasteiger partial charge in [-0.1, -0.05) is 56.8 Å². The van der Waals surface area contributed by atoms with Crippen LogP contribution < -0.4 is 10.3 Å². The SMILES string of the molecule is C=C(C)COc1ccc2nc(/C=C/c3ccc(C(C)C)cc3)n(-c3cccc(C(=O)O)c3)c(=O)c2c1. The lowest BCUT2D eigenvalue weighted by Crippen LogP contribution is -2.22. The predicted molar refractivity (Wildman–Crippen MR) is 144 cm³/mol. The number of ether oxygens (including phenoxy) is 1. The number of benzene rings is 3. The fourth-order valence-electron chi connectivity index (χ4n) is 3.78. The quantitative estimate of drug-likeness (QED) is 0.298. The number of carbonyl (C=O) groups is 1. The van der Waals surface area contributed by atoms with Gasteiger partial charge in [0.15, 0.2) is 0 Å². The molecule has 3 aromatic carbocycles. The van der Waals surface area contributed by atoms with E-state index in [1.807, 2.05) is 25.1 Å². The van der Waals surface area contributed by atoms with E-state index in [2.05, 4.69) is 32.6 Å². The van der Waals surface area contributed by atoms with Crippen molar-refractivity contribution in [1.82, 2.24) is 9.55 Å². The molecule has 0 saturated heterocycles. The third-order valence-electron chi connectivity index (χ3n) is 5.73. The first-order valence-corrected chi connectivity index (χ1v) is 11.7. The number of aromatic nitrogens is 2. The smallest absolute Gasteiger partial charge is 0.335 e. The highest BCUT2D eigenvalue weighted by Crippen LogP contribution is 2.22. The molecule has 6 heteroatoms. The van der Waals surface area contributed by atoms with Gasteiger partial charge in [-0.2, -0.15) is 0 Å². The van der Waals surface area contributed by atoms with Gasteiger partial charge in [0.25, 0.3) is 5.56 Å². The number of rotatable bonds is 8. The van der Waals surface area contributed by atoms with Crippen LogP contribution in [0.25, 0.3) is 28.7 Å². The number of carboxylic acid groups (broad SMARTS) is 1. The van der Waals surface area contributed by atoms with Gasteiger partial charge in [-0.15, -0.1) is 0 Å². The van der Waals surface area contributed by atoms with Crippen molar-refractivity contribution in [3.05, 3.63) is 112 Å². The Kier molecular flexibility index (Phi) is 7.15. The topological polar surface area (TPSA) is 81.4 Å². The summed E-state index contributed by atoms with van der Waals surface area (Å²) in [5.41, 5.74) is 3.75. The Morgan fingerprint density at radius 1 is 1.08 bits per heavy atom. The van der Waals surface area contributed by atoms with E-state index in [1.54, 1.807) is 36.4 Å². The van der Waals surface area contributed by atoms with Gasteiger partial charge in [-0.3, -0.25) is 9.36 Å². The molecule has 1 heterocycles. The van der Waals surface area contributed by atoms with Crippen LogP contribution in [0, 0.1) is 0 Å². The Hall–Kier alpha value is -4.45. The molecular formula is C30H28N2O4. The summed E-state index contributed by atoms with van der Waals surface area (Å²) in [6.07, 6.45) is 3.66. The number of aromatic carboxylic acids is 1. The Bertz CT molecular complexity index is 1530. The normalized spacial score (nSPS) is 11.3. The molecule has 0 amide bonds. The fraction of sp³-hybridized carbons (Fsp3) is 0.167. The van der Waals surface area contributed by atoms with E-state index in [9.17, 15) is 14.7 Å². The minimum atomic E-state index is -1.07. The number of hydrogen-bond donors (Lipinski definition) is 1. The van der Waals surface area contributed by atoms with E-state index in [0.717, 1.165) is 11.1 Å². The lowest BCUT2D eigenvalue weighted by Gasteiger charge is -2.13. The van der Waals surface area contributed by atoms with Crippen LogP contribution in [0.5, 0.6) is 5.75 Å². The Morgan fingerprint density at radius 2 is 1.83 bits per heavy atom. The predicted octanol–water partition coefficient (Wildman–Crippen LogP) is 6.33. The average Bonchev–Trinajstić information content (AvgIpc) is 2.86. The highest BCUT2D eigenvalue weighted by molar-refractivity contribution is 5.88. The molecular weight excluding hydrogens is 452 g/mol. The summed E-state index contributed by atoms with van der Waals surface area (Å²) < 4.78 is 7.15. The monoisotopic (exact) mass is 480 g/mol. The number of carboxylic acids is 1. The van der Waals surface area contributed by atoms with Crippen LogP contribution in [0.4, 0.5) is 0 Å². The van der Waals surface area contributed by atoms with Crippen molar-refractivity contribution in [2.45, 2.75) is 26.7 Å². The Labute approximate surface area is 209 Å². The van der Waals surface area contributed by atoms with E-state index < -0.39 is 5.97 Å². The summed E-state index contributed by atoms with van der Waals surface area (Å²) in [6, 6.07) is 19.6. The fourth-order valence-corrected chi connectivity index (χ4v) is 3.78. The molecule has 0 radical (unpaired) electrons. The zero-order valence-electron chi connectivity index (χ0n) is 20.6. The van der Waals surface area contributed by atoms with E-state index in [-0.39, 0.29) is 11.1 Å². The molecule has 0 saturated carbocycles. The molecule has 4 rings (SSSR count). The summed E-state index contributed by atoms with van der Waals surface area (Å²) in [4.78, 5) is 30.0. The van der Waals surface area contributed by atoms with Crippen LogP contribution in [-0.2, 0) is 0 Å². The van der Waals surface area contributed by atoms with Crippen LogP contribution >= 0.6 is 0 Å². The largest absolute Gasteiger partial charge is 0.489 e. The third-order valence-corrected chi connectivity index (χ3v) is 5.73. The molecule has 4 aromatic rings. The standard InChI is InChI=1S/C30H28N2O4/c1-19(2)18-36-25-13-14-27-26(17-25)29(33)32(24-7-5-6-23(16-24)30(34)35)28(31-27)15-10-21-8-11-22(12-9-21)20(3)4/h5-17,20H,1,18H2,2-4H3,(H,34,35)/b15-10+. The summed E-state index contributed by atoms with van der Waals surface area (Å²) in [5.74, 6) is 0.278. The van der Waals surface area contributed by atoms with Crippen molar-refractivity contribution >= 4 is 29.0 Å². The highest BCUT2D eigenvalue weighted by atomic mass is 16.5. The lowest BCUT2D eigenvalue weighted by atomic mass is 10.0. The van der Waals surface area contributed by atoms with Gasteiger partial charge in [0.2, 0.25) is 0 Å². The van der Waals surface area contributed by atoms with Crippen molar-refractivity contribution < 1.29 is 14.6 Å². The molecule has 0 atom stereocenters. The summed E-state index contributed by atoms with van der Waals surface area (Å²) in [5, 5.41) is 9.85.